The number of nitrogens with zero attached hydrogens (tertiary/aromatic N) is 3. The first-order chi connectivity index (χ1) is 13.8. The van der Waals surface area contributed by atoms with Gasteiger partial charge in [-0.3, -0.25) is 19.5 Å². The zero-order valence-corrected chi connectivity index (χ0v) is 16.0. The van der Waals surface area contributed by atoms with E-state index in [4.69, 9.17) is 0 Å². The maximum Gasteiger partial charge on any atom is 0.257 e. The molecule has 8 nitrogen and oxygen atoms in total. The topological polar surface area (TPSA) is 100 Å². The molecule has 2 heterocycles. The number of aromatic nitrogens is 3. The van der Waals surface area contributed by atoms with Crippen LogP contribution in [0.5, 0.6) is 0 Å². The van der Waals surface area contributed by atoms with Gasteiger partial charge in [-0.1, -0.05) is 0 Å². The van der Waals surface area contributed by atoms with Gasteiger partial charge in [-0.05, 0) is 43.3 Å². The molecule has 0 spiro atoms. The summed E-state index contributed by atoms with van der Waals surface area (Å²) in [7, 11) is 1.61. The van der Waals surface area contributed by atoms with E-state index >= 15 is 0 Å². The molecule has 0 aliphatic rings. The molecule has 2 amide bonds. The number of aryl methyl sites for hydroxylation is 1. The lowest BCUT2D eigenvalue weighted by Crippen LogP contribution is -2.33. The van der Waals surface area contributed by atoms with Crippen molar-refractivity contribution < 1.29 is 14.0 Å². The van der Waals surface area contributed by atoms with Crippen molar-refractivity contribution in [2.75, 3.05) is 12.4 Å². The Morgan fingerprint density at radius 1 is 1.21 bits per heavy atom. The largest absolute Gasteiger partial charge is 0.338 e. The molecule has 0 aliphatic carbocycles. The lowest BCUT2D eigenvalue weighted by Gasteiger charge is -2.17. The van der Waals surface area contributed by atoms with Crippen molar-refractivity contribution in [1.29, 1.82) is 0 Å². The average Bonchev–Trinajstić information content (AvgIpc) is 3.09. The van der Waals surface area contributed by atoms with Gasteiger partial charge in [0.15, 0.2) is 0 Å². The normalized spacial score (nSPS) is 10.6. The van der Waals surface area contributed by atoms with Crippen LogP contribution in [0.1, 0.15) is 21.7 Å². The van der Waals surface area contributed by atoms with Crippen LogP contribution in [0.3, 0.4) is 0 Å². The lowest BCUT2D eigenvalue weighted by atomic mass is 10.2. The van der Waals surface area contributed by atoms with Crippen LogP contribution in [0, 0.1) is 12.7 Å². The summed E-state index contributed by atoms with van der Waals surface area (Å²) in [6.07, 6.45) is 1.33. The second-order valence-electron chi connectivity index (χ2n) is 6.64. The van der Waals surface area contributed by atoms with Crippen molar-refractivity contribution in [3.63, 3.8) is 0 Å². The number of H-pyrrole nitrogens is 1. The molecule has 0 fully saturated rings. The number of aromatic amines is 1. The molecule has 0 bridgehead atoms. The third-order valence-corrected chi connectivity index (χ3v) is 4.24. The molecular formula is C20H20FN5O3. The minimum atomic E-state index is -0.474. The maximum absolute atomic E-state index is 13.0. The Bertz CT molecular complexity index is 1090. The number of nitrogens with one attached hydrogen (secondary N) is 2. The molecule has 2 N–H and O–H groups in total. The van der Waals surface area contributed by atoms with Gasteiger partial charge >= 0.3 is 0 Å². The Morgan fingerprint density at radius 3 is 2.59 bits per heavy atom. The Hall–Kier alpha value is -3.75. The van der Waals surface area contributed by atoms with Crippen LogP contribution in [0.15, 0.2) is 53.5 Å². The third-order valence-electron chi connectivity index (χ3n) is 4.24. The van der Waals surface area contributed by atoms with Gasteiger partial charge in [-0.2, -0.15) is 5.10 Å². The van der Waals surface area contributed by atoms with Gasteiger partial charge in [0.2, 0.25) is 5.91 Å². The van der Waals surface area contributed by atoms with Crippen molar-refractivity contribution in [2.45, 2.75) is 20.0 Å². The average molecular weight is 397 g/mol. The summed E-state index contributed by atoms with van der Waals surface area (Å²) in [6, 6.07) is 9.74. The minimum Gasteiger partial charge on any atom is -0.338 e. The van der Waals surface area contributed by atoms with Gasteiger partial charge in [0.1, 0.15) is 12.4 Å². The highest BCUT2D eigenvalue weighted by Gasteiger charge is 2.14. The number of rotatable bonds is 6. The predicted octanol–water partition coefficient (Wildman–Crippen LogP) is 1.93. The number of hydrogen-bond donors (Lipinski definition) is 2. The number of pyridine rings is 1. The molecule has 0 radical (unpaired) electrons. The van der Waals surface area contributed by atoms with Crippen molar-refractivity contribution >= 4 is 17.5 Å². The van der Waals surface area contributed by atoms with Crippen LogP contribution in [0.2, 0.25) is 0 Å². The summed E-state index contributed by atoms with van der Waals surface area (Å²) in [6.45, 7) is 1.94. The number of halogens is 1. The van der Waals surface area contributed by atoms with E-state index < -0.39 is 17.3 Å². The summed E-state index contributed by atoms with van der Waals surface area (Å²) in [5, 5.41) is 9.50. The van der Waals surface area contributed by atoms with E-state index in [0.29, 0.717) is 17.9 Å². The molecule has 0 aliphatic heterocycles. The summed E-state index contributed by atoms with van der Waals surface area (Å²) in [4.78, 5) is 38.4. The Balaban J connectivity index is 1.69. The molecule has 29 heavy (non-hydrogen) atoms. The summed E-state index contributed by atoms with van der Waals surface area (Å²) >= 11 is 0. The van der Waals surface area contributed by atoms with Crippen LogP contribution in [-0.2, 0) is 17.9 Å². The highest BCUT2D eigenvalue weighted by molar-refractivity contribution is 6.04. The molecule has 150 valence electrons. The monoisotopic (exact) mass is 397 g/mol. The molecule has 0 saturated carbocycles. The first-order valence-electron chi connectivity index (χ1n) is 8.84. The van der Waals surface area contributed by atoms with Crippen LogP contribution in [-0.4, -0.2) is 38.5 Å². The summed E-state index contributed by atoms with van der Waals surface area (Å²) in [5.74, 6) is -1.19. The first-order valence-corrected chi connectivity index (χ1v) is 8.84. The Morgan fingerprint density at radius 2 is 1.93 bits per heavy atom. The van der Waals surface area contributed by atoms with Gasteiger partial charge in [0.25, 0.3) is 11.5 Å². The Kier molecular flexibility index (Phi) is 5.87. The van der Waals surface area contributed by atoms with Crippen LogP contribution >= 0.6 is 0 Å². The number of benzene rings is 1. The number of carbonyl (C=O) groups is 2. The smallest absolute Gasteiger partial charge is 0.257 e. The standard InChI is InChI=1S/C20H20FN5O3/c1-13-9-17(24-23-13)11-25(2)19(28)12-26-10-14(3-8-18(26)27)20(29)22-16-6-4-15(21)5-7-16/h3-10H,11-12H2,1-2H3,(H,22,29)(H,23,24). The van der Waals surface area contributed by atoms with Crippen molar-refractivity contribution in [1.82, 2.24) is 19.7 Å². The van der Waals surface area contributed by atoms with Gasteiger partial charge in [-0.25, -0.2) is 4.39 Å². The number of amides is 2. The highest BCUT2D eigenvalue weighted by Crippen LogP contribution is 2.10. The molecule has 3 rings (SSSR count). The van der Waals surface area contributed by atoms with Gasteiger partial charge in [0, 0.05) is 30.7 Å². The second-order valence-corrected chi connectivity index (χ2v) is 6.64. The first kappa shape index (κ1) is 20.0. The molecule has 2 aromatic heterocycles. The number of carbonyl (C=O) groups excluding carboxylic acids is 2. The zero-order chi connectivity index (χ0) is 21.0. The lowest BCUT2D eigenvalue weighted by molar-refractivity contribution is -0.131. The Labute approximate surface area is 166 Å². The van der Waals surface area contributed by atoms with E-state index in [0.717, 1.165) is 5.69 Å². The van der Waals surface area contributed by atoms with Gasteiger partial charge in [-0.15, -0.1) is 0 Å². The molecule has 0 atom stereocenters. The number of hydrogen-bond acceptors (Lipinski definition) is 4. The fourth-order valence-corrected chi connectivity index (χ4v) is 2.68. The third kappa shape index (κ3) is 5.16. The van der Waals surface area contributed by atoms with E-state index in [9.17, 15) is 18.8 Å². The number of anilines is 1. The van der Waals surface area contributed by atoms with Crippen LogP contribution in [0.4, 0.5) is 10.1 Å². The number of likely N-dealkylation sites (N-methyl/N-ethyl adjacent to an activating group) is 1. The predicted molar refractivity (Wildman–Crippen MR) is 105 cm³/mol. The summed E-state index contributed by atoms with van der Waals surface area (Å²) in [5.41, 5.74) is 1.81. The van der Waals surface area contributed by atoms with E-state index in [-0.39, 0.29) is 18.0 Å². The van der Waals surface area contributed by atoms with Crippen molar-refractivity contribution in [3.8, 4) is 0 Å². The molecule has 3 aromatic rings. The van der Waals surface area contributed by atoms with E-state index in [1.165, 1.54) is 52.1 Å². The fourth-order valence-electron chi connectivity index (χ4n) is 2.68. The molecular weight excluding hydrogens is 377 g/mol. The van der Waals surface area contributed by atoms with Crippen LogP contribution < -0.4 is 10.9 Å². The SMILES string of the molecule is Cc1cc(CN(C)C(=O)Cn2cc(C(=O)Nc3ccc(F)cc3)ccc2=O)n[nH]1. The van der Waals surface area contributed by atoms with E-state index in [1.807, 2.05) is 13.0 Å². The van der Waals surface area contributed by atoms with Crippen molar-refractivity contribution in [3.05, 3.63) is 81.8 Å². The highest BCUT2D eigenvalue weighted by atomic mass is 19.1. The summed E-state index contributed by atoms with van der Waals surface area (Å²) < 4.78 is 14.2. The zero-order valence-electron chi connectivity index (χ0n) is 16.0. The van der Waals surface area contributed by atoms with E-state index in [1.54, 1.807) is 7.05 Å². The van der Waals surface area contributed by atoms with E-state index in [2.05, 4.69) is 15.5 Å². The molecule has 0 saturated heterocycles. The molecule has 1 aromatic carbocycles. The van der Waals surface area contributed by atoms with Crippen LogP contribution in [0.25, 0.3) is 0 Å². The quantitative estimate of drug-likeness (QED) is 0.664. The molecule has 0 unspecified atom stereocenters. The van der Waals surface area contributed by atoms with Crippen molar-refractivity contribution in [2.24, 2.45) is 0 Å². The van der Waals surface area contributed by atoms with Gasteiger partial charge < -0.3 is 14.8 Å². The fraction of sp³-hybridized carbons (Fsp3) is 0.200. The van der Waals surface area contributed by atoms with Gasteiger partial charge in [0.05, 0.1) is 17.8 Å². The second kappa shape index (κ2) is 8.51. The maximum atomic E-state index is 13.0. The minimum absolute atomic E-state index is 0.201. The molecule has 9 heteroatoms.